The van der Waals surface area contributed by atoms with Gasteiger partial charge >= 0.3 is 0 Å². The third-order valence-corrected chi connectivity index (χ3v) is 2.79. The highest BCUT2D eigenvalue weighted by molar-refractivity contribution is 6.31. The molecule has 0 aliphatic carbocycles. The zero-order chi connectivity index (χ0) is 11.3. The number of benzene rings is 1. The second-order valence-corrected chi connectivity index (χ2v) is 3.86. The maximum Gasteiger partial charge on any atom is 0.0741 e. The highest BCUT2D eigenvalue weighted by Crippen LogP contribution is 2.25. The van der Waals surface area contributed by atoms with Gasteiger partial charge in [0.05, 0.1) is 12.1 Å². The van der Waals surface area contributed by atoms with Crippen LogP contribution in [0.4, 0.5) is 0 Å². The molecule has 1 rings (SSSR count). The van der Waals surface area contributed by atoms with E-state index in [1.54, 1.807) is 0 Å². The van der Waals surface area contributed by atoms with Crippen LogP contribution in [0.15, 0.2) is 24.3 Å². The van der Waals surface area contributed by atoms with Crippen LogP contribution in [0.5, 0.6) is 0 Å². The maximum absolute atomic E-state index is 6.15. The molecule has 1 aromatic carbocycles. The average molecular weight is 228 g/mol. The van der Waals surface area contributed by atoms with Crippen LogP contribution >= 0.6 is 11.6 Å². The third kappa shape index (κ3) is 3.20. The highest BCUT2D eigenvalue weighted by atomic mass is 35.5. The van der Waals surface area contributed by atoms with E-state index in [2.05, 4.69) is 5.32 Å². The number of hydrogen-bond acceptors (Lipinski definition) is 2. The Morgan fingerprint density at radius 1 is 1.40 bits per heavy atom. The number of nitrogens with one attached hydrogen (secondary N) is 1. The monoisotopic (exact) mass is 227 g/mol. The highest BCUT2D eigenvalue weighted by Gasteiger charge is 2.19. The molecule has 0 spiro atoms. The molecule has 0 bridgehead atoms. The van der Waals surface area contributed by atoms with Crippen molar-refractivity contribution in [2.45, 2.75) is 26.0 Å². The summed E-state index contributed by atoms with van der Waals surface area (Å²) >= 11 is 6.15. The lowest BCUT2D eigenvalue weighted by Gasteiger charge is -2.24. The van der Waals surface area contributed by atoms with Gasteiger partial charge < -0.3 is 10.1 Å². The molecule has 0 aromatic heterocycles. The Kier molecular flexibility index (Phi) is 5.09. The third-order valence-electron chi connectivity index (χ3n) is 2.45. The van der Waals surface area contributed by atoms with Crippen LogP contribution in [-0.4, -0.2) is 19.8 Å². The standard InChI is InChI=1S/C12H18ClNO/c1-4-15-9(2)12(14-3)10-7-5-6-8-11(10)13/h5-9,12,14H,4H2,1-3H3. The van der Waals surface area contributed by atoms with Crippen LogP contribution in [0.25, 0.3) is 0 Å². The van der Waals surface area contributed by atoms with Crippen molar-refractivity contribution in [2.24, 2.45) is 0 Å². The molecular weight excluding hydrogens is 210 g/mol. The van der Waals surface area contributed by atoms with E-state index in [1.807, 2.05) is 45.2 Å². The van der Waals surface area contributed by atoms with Crippen molar-refractivity contribution in [3.8, 4) is 0 Å². The van der Waals surface area contributed by atoms with Gasteiger partial charge in [0.25, 0.3) is 0 Å². The van der Waals surface area contributed by atoms with E-state index in [9.17, 15) is 0 Å². The first kappa shape index (κ1) is 12.5. The molecule has 2 nitrogen and oxygen atoms in total. The number of likely N-dealkylation sites (N-methyl/N-ethyl adjacent to an activating group) is 1. The number of rotatable bonds is 5. The summed E-state index contributed by atoms with van der Waals surface area (Å²) in [4.78, 5) is 0. The van der Waals surface area contributed by atoms with Gasteiger partial charge in [-0.3, -0.25) is 0 Å². The van der Waals surface area contributed by atoms with Crippen molar-refractivity contribution < 1.29 is 4.74 Å². The van der Waals surface area contributed by atoms with Crippen molar-refractivity contribution in [1.29, 1.82) is 0 Å². The zero-order valence-corrected chi connectivity index (χ0v) is 10.2. The molecule has 0 heterocycles. The zero-order valence-electron chi connectivity index (χ0n) is 9.46. The Bertz CT molecular complexity index is 303. The van der Waals surface area contributed by atoms with Gasteiger partial charge in [-0.05, 0) is 32.5 Å². The van der Waals surface area contributed by atoms with Crippen molar-refractivity contribution in [3.05, 3.63) is 34.9 Å². The molecule has 3 heteroatoms. The molecule has 0 saturated heterocycles. The van der Waals surface area contributed by atoms with Gasteiger partial charge in [0.15, 0.2) is 0 Å². The predicted molar refractivity (Wildman–Crippen MR) is 64.3 cm³/mol. The molecule has 0 aliphatic heterocycles. The number of halogens is 1. The molecular formula is C12H18ClNO. The number of hydrogen-bond donors (Lipinski definition) is 1. The molecule has 0 fully saturated rings. The quantitative estimate of drug-likeness (QED) is 0.835. The van der Waals surface area contributed by atoms with E-state index in [1.165, 1.54) is 0 Å². The molecule has 15 heavy (non-hydrogen) atoms. The van der Waals surface area contributed by atoms with E-state index < -0.39 is 0 Å². The van der Waals surface area contributed by atoms with Gasteiger partial charge in [0.1, 0.15) is 0 Å². The van der Waals surface area contributed by atoms with Crippen LogP contribution < -0.4 is 5.32 Å². The Hall–Kier alpha value is -0.570. The smallest absolute Gasteiger partial charge is 0.0741 e. The Morgan fingerprint density at radius 2 is 2.07 bits per heavy atom. The summed E-state index contributed by atoms with van der Waals surface area (Å²) in [6.45, 7) is 4.76. The largest absolute Gasteiger partial charge is 0.377 e. The number of ether oxygens (including phenoxy) is 1. The van der Waals surface area contributed by atoms with Crippen molar-refractivity contribution in [1.82, 2.24) is 5.32 Å². The maximum atomic E-state index is 6.15. The fourth-order valence-corrected chi connectivity index (χ4v) is 1.98. The second kappa shape index (κ2) is 6.11. The van der Waals surface area contributed by atoms with Crippen molar-refractivity contribution in [2.75, 3.05) is 13.7 Å². The normalized spacial score (nSPS) is 14.9. The van der Waals surface area contributed by atoms with Crippen LogP contribution in [0.2, 0.25) is 5.02 Å². The molecule has 2 atom stereocenters. The molecule has 0 radical (unpaired) electrons. The predicted octanol–water partition coefficient (Wildman–Crippen LogP) is 3.03. The van der Waals surface area contributed by atoms with Gasteiger partial charge in [-0.2, -0.15) is 0 Å². The van der Waals surface area contributed by atoms with E-state index in [4.69, 9.17) is 16.3 Å². The lowest BCUT2D eigenvalue weighted by molar-refractivity contribution is 0.0493. The van der Waals surface area contributed by atoms with Gasteiger partial charge in [-0.1, -0.05) is 29.8 Å². The minimum absolute atomic E-state index is 0.111. The lowest BCUT2D eigenvalue weighted by atomic mass is 10.0. The summed E-state index contributed by atoms with van der Waals surface area (Å²) in [5, 5.41) is 4.02. The molecule has 1 N–H and O–H groups in total. The van der Waals surface area contributed by atoms with E-state index >= 15 is 0 Å². The lowest BCUT2D eigenvalue weighted by Crippen LogP contribution is -2.29. The molecule has 0 aliphatic rings. The average Bonchev–Trinajstić information content (AvgIpc) is 2.22. The van der Waals surface area contributed by atoms with Crippen molar-refractivity contribution >= 4 is 11.6 Å². The molecule has 84 valence electrons. The fourth-order valence-electron chi connectivity index (χ4n) is 1.73. The molecule has 1 aromatic rings. The fraction of sp³-hybridized carbons (Fsp3) is 0.500. The Labute approximate surface area is 96.6 Å². The van der Waals surface area contributed by atoms with Crippen molar-refractivity contribution in [3.63, 3.8) is 0 Å². The SMILES string of the molecule is CCOC(C)C(NC)c1ccccc1Cl. The first-order valence-electron chi connectivity index (χ1n) is 5.24. The van der Waals surface area contributed by atoms with Crippen LogP contribution in [0, 0.1) is 0 Å². The summed E-state index contributed by atoms with van der Waals surface area (Å²) in [7, 11) is 1.92. The van der Waals surface area contributed by atoms with E-state index in [0.29, 0.717) is 6.61 Å². The Morgan fingerprint density at radius 3 is 2.60 bits per heavy atom. The van der Waals surface area contributed by atoms with E-state index in [0.717, 1.165) is 10.6 Å². The summed E-state index contributed by atoms with van der Waals surface area (Å²) < 4.78 is 5.58. The minimum atomic E-state index is 0.111. The van der Waals surface area contributed by atoms with Crippen LogP contribution in [0.3, 0.4) is 0 Å². The summed E-state index contributed by atoms with van der Waals surface area (Å²) in [5.41, 5.74) is 1.09. The first-order valence-corrected chi connectivity index (χ1v) is 5.61. The summed E-state index contributed by atoms with van der Waals surface area (Å²) in [6, 6.07) is 7.99. The van der Waals surface area contributed by atoms with Crippen LogP contribution in [0.1, 0.15) is 25.5 Å². The minimum Gasteiger partial charge on any atom is -0.377 e. The first-order chi connectivity index (χ1) is 7.20. The van der Waals surface area contributed by atoms with E-state index in [-0.39, 0.29) is 12.1 Å². The Balaban J connectivity index is 2.87. The van der Waals surface area contributed by atoms with Gasteiger partial charge in [-0.15, -0.1) is 0 Å². The van der Waals surface area contributed by atoms with Gasteiger partial charge in [0, 0.05) is 11.6 Å². The molecule has 0 amide bonds. The van der Waals surface area contributed by atoms with Gasteiger partial charge in [-0.25, -0.2) is 0 Å². The topological polar surface area (TPSA) is 21.3 Å². The summed E-state index contributed by atoms with van der Waals surface area (Å²) in [6.07, 6.45) is 0.111. The summed E-state index contributed by atoms with van der Waals surface area (Å²) in [5.74, 6) is 0. The van der Waals surface area contributed by atoms with Gasteiger partial charge in [0.2, 0.25) is 0 Å². The van der Waals surface area contributed by atoms with Crippen LogP contribution in [-0.2, 0) is 4.74 Å². The second-order valence-electron chi connectivity index (χ2n) is 3.45. The molecule has 0 saturated carbocycles. The molecule has 2 unspecified atom stereocenters.